The molecule has 0 radical (unpaired) electrons. The van der Waals surface area contributed by atoms with Gasteiger partial charge in [-0.25, -0.2) is 0 Å². The molecule has 1 fully saturated rings. The smallest absolute Gasteiger partial charge is 0.266 e. The minimum Gasteiger partial charge on any atom is -0.497 e. The van der Waals surface area contributed by atoms with Crippen molar-refractivity contribution >= 4 is 40.3 Å². The van der Waals surface area contributed by atoms with Crippen molar-refractivity contribution in [1.29, 1.82) is 0 Å². The van der Waals surface area contributed by atoms with Crippen LogP contribution in [0, 0.1) is 0 Å². The maximum Gasteiger partial charge on any atom is 0.266 e. The van der Waals surface area contributed by atoms with Crippen LogP contribution in [-0.4, -0.2) is 35.9 Å². The summed E-state index contributed by atoms with van der Waals surface area (Å²) in [6.07, 6.45) is 3.42. The first-order valence-electron chi connectivity index (χ1n) is 6.19. The number of methoxy groups -OCH3 is 2. The van der Waals surface area contributed by atoms with Crippen LogP contribution >= 0.6 is 24.0 Å². The fraction of sp³-hybridized carbons (Fsp3) is 0.200. The van der Waals surface area contributed by atoms with Crippen LogP contribution in [0.1, 0.15) is 5.56 Å². The van der Waals surface area contributed by atoms with Crippen molar-refractivity contribution in [3.8, 4) is 11.5 Å². The number of carbonyl (C=O) groups is 1. The maximum absolute atomic E-state index is 12.3. The summed E-state index contributed by atoms with van der Waals surface area (Å²) in [4.78, 5) is 14.4. The van der Waals surface area contributed by atoms with Gasteiger partial charge < -0.3 is 9.47 Å². The first-order valence-corrected chi connectivity index (χ1v) is 7.41. The summed E-state index contributed by atoms with van der Waals surface area (Å²) in [6.45, 7) is 4.05. The topological polar surface area (TPSA) is 38.8 Å². The predicted octanol–water partition coefficient (Wildman–Crippen LogP) is 3.09. The summed E-state index contributed by atoms with van der Waals surface area (Å²) < 4.78 is 11.0. The molecule has 1 aromatic carbocycles. The van der Waals surface area contributed by atoms with Gasteiger partial charge in [0, 0.05) is 12.1 Å². The second-order valence-corrected chi connectivity index (χ2v) is 5.86. The lowest BCUT2D eigenvalue weighted by molar-refractivity contribution is -0.121. The average molecular weight is 321 g/mol. The second-order valence-electron chi connectivity index (χ2n) is 4.19. The molecule has 1 saturated heterocycles. The molecule has 6 heteroatoms. The molecule has 1 aliphatic rings. The molecule has 0 spiro atoms. The number of hydrogen-bond donors (Lipinski definition) is 0. The van der Waals surface area contributed by atoms with Crippen molar-refractivity contribution < 1.29 is 14.3 Å². The van der Waals surface area contributed by atoms with Gasteiger partial charge in [-0.1, -0.05) is 30.1 Å². The van der Waals surface area contributed by atoms with E-state index in [1.54, 1.807) is 38.5 Å². The van der Waals surface area contributed by atoms with E-state index < -0.39 is 0 Å². The highest BCUT2D eigenvalue weighted by Crippen LogP contribution is 2.35. The minimum absolute atomic E-state index is 0.116. The molecule has 0 aromatic heterocycles. The van der Waals surface area contributed by atoms with E-state index >= 15 is 0 Å². The monoisotopic (exact) mass is 321 g/mol. The van der Waals surface area contributed by atoms with Crippen molar-refractivity contribution in [2.75, 3.05) is 20.8 Å². The van der Waals surface area contributed by atoms with E-state index in [4.69, 9.17) is 21.7 Å². The predicted molar refractivity (Wildman–Crippen MR) is 89.6 cm³/mol. The largest absolute Gasteiger partial charge is 0.497 e. The number of carbonyl (C=O) groups excluding carboxylic acids is 1. The van der Waals surface area contributed by atoms with Gasteiger partial charge in [-0.2, -0.15) is 0 Å². The van der Waals surface area contributed by atoms with Crippen LogP contribution in [0.3, 0.4) is 0 Å². The van der Waals surface area contributed by atoms with Gasteiger partial charge in [0.2, 0.25) is 0 Å². The molecule has 21 heavy (non-hydrogen) atoms. The number of benzene rings is 1. The van der Waals surface area contributed by atoms with E-state index in [1.807, 2.05) is 6.07 Å². The number of amides is 1. The quantitative estimate of drug-likeness (QED) is 0.473. The van der Waals surface area contributed by atoms with Crippen molar-refractivity contribution in [3.63, 3.8) is 0 Å². The Morgan fingerprint density at radius 3 is 2.76 bits per heavy atom. The zero-order valence-electron chi connectivity index (χ0n) is 11.8. The Balaban J connectivity index is 2.38. The average Bonchev–Trinajstić information content (AvgIpc) is 2.75. The Hall–Kier alpha value is -1.79. The van der Waals surface area contributed by atoms with Crippen LogP contribution in [0.2, 0.25) is 0 Å². The number of ether oxygens (including phenoxy) is 2. The van der Waals surface area contributed by atoms with Gasteiger partial charge in [-0.15, -0.1) is 6.58 Å². The first-order chi connectivity index (χ1) is 10.1. The van der Waals surface area contributed by atoms with Crippen LogP contribution in [0.4, 0.5) is 0 Å². The third-order valence-corrected chi connectivity index (χ3v) is 4.29. The molecular weight excluding hydrogens is 306 g/mol. The van der Waals surface area contributed by atoms with Gasteiger partial charge in [-0.3, -0.25) is 9.69 Å². The molecule has 0 unspecified atom stereocenters. The van der Waals surface area contributed by atoms with Gasteiger partial charge >= 0.3 is 0 Å². The lowest BCUT2D eigenvalue weighted by atomic mass is 10.1. The molecule has 1 aliphatic heterocycles. The highest BCUT2D eigenvalue weighted by atomic mass is 32.2. The summed E-state index contributed by atoms with van der Waals surface area (Å²) in [6, 6.07) is 5.42. The Morgan fingerprint density at radius 1 is 1.38 bits per heavy atom. The molecule has 0 saturated carbocycles. The summed E-state index contributed by atoms with van der Waals surface area (Å²) in [5.74, 6) is 1.25. The molecule has 1 heterocycles. The lowest BCUT2D eigenvalue weighted by Gasteiger charge is -2.10. The Labute approximate surface area is 133 Å². The van der Waals surface area contributed by atoms with Crippen LogP contribution in [0.25, 0.3) is 6.08 Å². The Kier molecular flexibility index (Phi) is 5.03. The van der Waals surface area contributed by atoms with Crippen molar-refractivity contribution in [2.45, 2.75) is 0 Å². The molecule has 0 N–H and O–H groups in total. The first kappa shape index (κ1) is 15.6. The number of thiocarbonyl (C=S) groups is 1. The molecule has 110 valence electrons. The molecule has 0 atom stereocenters. The molecular formula is C15H15NO3S2. The second kappa shape index (κ2) is 6.78. The van der Waals surface area contributed by atoms with Gasteiger partial charge in [0.05, 0.1) is 19.1 Å². The highest BCUT2D eigenvalue weighted by Gasteiger charge is 2.31. The van der Waals surface area contributed by atoms with E-state index in [-0.39, 0.29) is 5.91 Å². The number of rotatable bonds is 5. The summed E-state index contributed by atoms with van der Waals surface area (Å²) in [5, 5.41) is 0. The zero-order valence-corrected chi connectivity index (χ0v) is 13.4. The summed E-state index contributed by atoms with van der Waals surface area (Å²) in [5.41, 5.74) is 0.774. The molecule has 2 rings (SSSR count). The Morgan fingerprint density at radius 2 is 2.14 bits per heavy atom. The van der Waals surface area contributed by atoms with Gasteiger partial charge in [0.1, 0.15) is 15.8 Å². The van der Waals surface area contributed by atoms with Crippen LogP contribution < -0.4 is 9.47 Å². The lowest BCUT2D eigenvalue weighted by Crippen LogP contribution is -2.27. The zero-order chi connectivity index (χ0) is 15.4. The van der Waals surface area contributed by atoms with Crippen LogP contribution in [-0.2, 0) is 4.79 Å². The van der Waals surface area contributed by atoms with Crippen LogP contribution in [0.5, 0.6) is 11.5 Å². The molecule has 0 aliphatic carbocycles. The molecule has 4 nitrogen and oxygen atoms in total. The van der Waals surface area contributed by atoms with E-state index in [9.17, 15) is 4.79 Å². The van der Waals surface area contributed by atoms with Crippen LogP contribution in [0.15, 0.2) is 35.8 Å². The number of nitrogens with zero attached hydrogens (tertiary/aromatic N) is 1. The molecule has 1 aromatic rings. The maximum atomic E-state index is 12.3. The van der Waals surface area contributed by atoms with E-state index in [0.29, 0.717) is 27.3 Å². The number of thioether (sulfide) groups is 1. The normalized spacial score (nSPS) is 16.5. The minimum atomic E-state index is -0.116. The van der Waals surface area contributed by atoms with Crippen molar-refractivity contribution in [3.05, 3.63) is 41.3 Å². The molecule has 0 bridgehead atoms. The van der Waals surface area contributed by atoms with E-state index in [2.05, 4.69) is 6.58 Å². The fourth-order valence-corrected chi connectivity index (χ4v) is 3.15. The number of hydrogen-bond acceptors (Lipinski definition) is 5. The van der Waals surface area contributed by atoms with Gasteiger partial charge in [-0.05, 0) is 24.3 Å². The SMILES string of the molecule is C=CCN1C(=O)/C(=C\c2cc(OC)ccc2OC)SC1=S. The third-order valence-electron chi connectivity index (χ3n) is 2.91. The van der Waals surface area contributed by atoms with Crippen molar-refractivity contribution in [1.82, 2.24) is 4.90 Å². The summed E-state index contributed by atoms with van der Waals surface area (Å²) >= 11 is 6.48. The van der Waals surface area contributed by atoms with Gasteiger partial charge in [0.25, 0.3) is 5.91 Å². The highest BCUT2D eigenvalue weighted by molar-refractivity contribution is 8.26. The van der Waals surface area contributed by atoms with Crippen molar-refractivity contribution in [2.24, 2.45) is 0 Å². The van der Waals surface area contributed by atoms with Gasteiger partial charge in [0.15, 0.2) is 0 Å². The standard InChI is InChI=1S/C15H15NO3S2/c1-4-7-16-14(17)13(21-15(16)20)9-10-8-11(18-2)5-6-12(10)19-3/h4-6,8-9H,1,7H2,2-3H3/b13-9+. The summed E-state index contributed by atoms with van der Waals surface area (Å²) in [7, 11) is 3.18. The molecule has 1 amide bonds. The Bertz CT molecular complexity index is 625. The third kappa shape index (κ3) is 3.28. The van der Waals surface area contributed by atoms with E-state index in [1.165, 1.54) is 16.7 Å². The van der Waals surface area contributed by atoms with E-state index in [0.717, 1.165) is 5.56 Å². The fourth-order valence-electron chi connectivity index (χ4n) is 1.88.